The van der Waals surface area contributed by atoms with E-state index >= 15 is 0 Å². The van der Waals surface area contributed by atoms with E-state index in [4.69, 9.17) is 17.0 Å². The Kier molecular flexibility index (Phi) is 3.63. The van der Waals surface area contributed by atoms with Crippen LogP contribution >= 0.6 is 28.1 Å². The highest BCUT2D eigenvalue weighted by molar-refractivity contribution is 9.10. The maximum atomic E-state index is 5.52. The number of H-pyrrole nitrogens is 1. The molecule has 0 aliphatic rings. The Morgan fingerprint density at radius 1 is 1.14 bits per heavy atom. The van der Waals surface area contributed by atoms with Gasteiger partial charge in [0, 0.05) is 10.5 Å². The van der Waals surface area contributed by atoms with Gasteiger partial charge in [-0.05, 0) is 61.5 Å². The number of aryl methyl sites for hydroxylation is 2. The Hall–Kier alpha value is -1.59. The highest BCUT2D eigenvalue weighted by atomic mass is 79.9. The van der Waals surface area contributed by atoms with Gasteiger partial charge in [0.1, 0.15) is 5.75 Å². The third-order valence-corrected chi connectivity index (χ3v) is 4.31. The molecule has 3 aromatic rings. The van der Waals surface area contributed by atoms with E-state index in [1.807, 2.05) is 18.2 Å². The molecule has 3 rings (SSSR count). The number of nitrogens with one attached hydrogen (secondary N) is 1. The van der Waals surface area contributed by atoms with Crippen LogP contribution in [0.3, 0.4) is 0 Å². The quantitative estimate of drug-likeness (QED) is 0.644. The number of ether oxygens (including phenoxy) is 1. The predicted molar refractivity (Wildman–Crippen MR) is 92.2 cm³/mol. The summed E-state index contributed by atoms with van der Waals surface area (Å²) in [5, 5.41) is 0. The lowest BCUT2D eigenvalue weighted by Gasteiger charge is -2.13. The maximum absolute atomic E-state index is 5.52. The average Bonchev–Trinajstić information content (AvgIpc) is 2.73. The van der Waals surface area contributed by atoms with E-state index in [9.17, 15) is 0 Å². The summed E-state index contributed by atoms with van der Waals surface area (Å²) >= 11 is 9.06. The number of aromatic amines is 1. The standard InChI is InChI=1S/C16H15BrN2OS/c1-9-6-11(17)7-10(2)15(9)19-14-5-4-12(20-3)8-13(14)18-16(19)21/h4-8H,1-3H3,(H,18,21). The third-order valence-electron chi connectivity index (χ3n) is 3.57. The SMILES string of the molecule is COc1ccc2c(c1)[nH]c(=S)n2-c1c(C)cc(Br)cc1C. The summed E-state index contributed by atoms with van der Waals surface area (Å²) in [6.07, 6.45) is 0. The van der Waals surface area contributed by atoms with E-state index in [1.54, 1.807) is 7.11 Å². The van der Waals surface area contributed by atoms with Crippen molar-refractivity contribution in [2.24, 2.45) is 0 Å². The van der Waals surface area contributed by atoms with Crippen LogP contribution in [0.2, 0.25) is 0 Å². The van der Waals surface area contributed by atoms with Crippen molar-refractivity contribution in [3.8, 4) is 11.4 Å². The van der Waals surface area contributed by atoms with Crippen molar-refractivity contribution in [3.05, 3.63) is 50.7 Å². The van der Waals surface area contributed by atoms with Gasteiger partial charge in [0.2, 0.25) is 0 Å². The zero-order valence-electron chi connectivity index (χ0n) is 12.0. The average molecular weight is 363 g/mol. The molecule has 0 bridgehead atoms. The lowest BCUT2D eigenvalue weighted by molar-refractivity contribution is 0.415. The van der Waals surface area contributed by atoms with Crippen molar-refractivity contribution in [2.75, 3.05) is 7.11 Å². The van der Waals surface area contributed by atoms with Crippen molar-refractivity contribution < 1.29 is 4.74 Å². The van der Waals surface area contributed by atoms with Crippen molar-refractivity contribution in [3.63, 3.8) is 0 Å². The van der Waals surface area contributed by atoms with Gasteiger partial charge in [0.25, 0.3) is 0 Å². The number of fused-ring (bicyclic) bond motifs is 1. The summed E-state index contributed by atoms with van der Waals surface area (Å²) in [6, 6.07) is 10.1. The summed E-state index contributed by atoms with van der Waals surface area (Å²) in [5.74, 6) is 0.815. The van der Waals surface area contributed by atoms with Crippen LogP contribution in [0.25, 0.3) is 16.7 Å². The maximum Gasteiger partial charge on any atom is 0.182 e. The Morgan fingerprint density at radius 2 is 1.81 bits per heavy atom. The molecule has 0 unspecified atom stereocenters. The first-order chi connectivity index (χ1) is 10.0. The van der Waals surface area contributed by atoms with E-state index in [1.165, 1.54) is 11.1 Å². The lowest BCUT2D eigenvalue weighted by Crippen LogP contribution is -2.00. The molecule has 0 radical (unpaired) electrons. The molecule has 1 N–H and O–H groups in total. The molecular formula is C16H15BrN2OS. The molecule has 0 spiro atoms. The minimum absolute atomic E-state index is 0.687. The number of rotatable bonds is 2. The highest BCUT2D eigenvalue weighted by Crippen LogP contribution is 2.29. The Balaban J connectivity index is 2.36. The molecular weight excluding hydrogens is 348 g/mol. The fraction of sp³-hybridized carbons (Fsp3) is 0.188. The van der Waals surface area contributed by atoms with Gasteiger partial charge in [0.15, 0.2) is 4.77 Å². The van der Waals surface area contributed by atoms with E-state index < -0.39 is 0 Å². The van der Waals surface area contributed by atoms with Gasteiger partial charge in [-0.15, -0.1) is 0 Å². The molecule has 1 heterocycles. The van der Waals surface area contributed by atoms with Gasteiger partial charge in [-0.25, -0.2) is 0 Å². The molecule has 0 saturated heterocycles. The van der Waals surface area contributed by atoms with Crippen molar-refractivity contribution in [1.82, 2.24) is 9.55 Å². The summed E-state index contributed by atoms with van der Waals surface area (Å²) in [4.78, 5) is 3.26. The van der Waals surface area contributed by atoms with E-state index in [0.717, 1.165) is 26.9 Å². The molecule has 5 heteroatoms. The molecule has 3 nitrogen and oxygen atoms in total. The zero-order chi connectivity index (χ0) is 15.1. The summed E-state index contributed by atoms with van der Waals surface area (Å²) < 4.78 is 9.12. The molecule has 1 aromatic heterocycles. The third kappa shape index (κ3) is 2.40. The molecule has 0 fully saturated rings. The van der Waals surface area contributed by atoms with Crippen LogP contribution < -0.4 is 4.74 Å². The predicted octanol–water partition coefficient (Wildman–Crippen LogP) is 5.08. The lowest BCUT2D eigenvalue weighted by atomic mass is 10.1. The summed E-state index contributed by atoms with van der Waals surface area (Å²) in [7, 11) is 1.66. The van der Waals surface area contributed by atoms with Crippen molar-refractivity contribution in [2.45, 2.75) is 13.8 Å². The Morgan fingerprint density at radius 3 is 2.43 bits per heavy atom. The number of halogens is 1. The monoisotopic (exact) mass is 362 g/mol. The van der Waals surface area contributed by atoms with Crippen LogP contribution in [-0.2, 0) is 0 Å². The van der Waals surface area contributed by atoms with Gasteiger partial charge in [-0.2, -0.15) is 0 Å². The van der Waals surface area contributed by atoms with Gasteiger partial charge < -0.3 is 9.72 Å². The number of methoxy groups -OCH3 is 1. The van der Waals surface area contributed by atoms with Crippen molar-refractivity contribution >= 4 is 39.2 Å². The number of imidazole rings is 1. The summed E-state index contributed by atoms with van der Waals surface area (Å²) in [6.45, 7) is 4.19. The summed E-state index contributed by atoms with van der Waals surface area (Å²) in [5.41, 5.74) is 5.50. The van der Waals surface area contributed by atoms with Crippen LogP contribution in [0.5, 0.6) is 5.75 Å². The van der Waals surface area contributed by atoms with Crippen LogP contribution in [-0.4, -0.2) is 16.7 Å². The molecule has 0 aliphatic heterocycles. The minimum atomic E-state index is 0.687. The van der Waals surface area contributed by atoms with E-state index in [2.05, 4.69) is 51.5 Å². The topological polar surface area (TPSA) is 29.9 Å². The van der Waals surface area contributed by atoms with Crippen LogP contribution in [0.4, 0.5) is 0 Å². The second kappa shape index (κ2) is 5.31. The van der Waals surface area contributed by atoms with Gasteiger partial charge in [-0.1, -0.05) is 15.9 Å². The molecule has 0 saturated carbocycles. The molecule has 0 amide bonds. The fourth-order valence-electron chi connectivity index (χ4n) is 2.70. The first-order valence-electron chi connectivity index (χ1n) is 6.57. The number of hydrogen-bond donors (Lipinski definition) is 1. The smallest absolute Gasteiger partial charge is 0.182 e. The molecule has 0 aliphatic carbocycles. The van der Waals surface area contributed by atoms with Gasteiger partial charge >= 0.3 is 0 Å². The van der Waals surface area contributed by atoms with Crippen LogP contribution in [0.1, 0.15) is 11.1 Å². The first-order valence-corrected chi connectivity index (χ1v) is 7.77. The number of nitrogens with zero attached hydrogens (tertiary/aromatic N) is 1. The van der Waals surface area contributed by atoms with E-state index in [-0.39, 0.29) is 0 Å². The van der Waals surface area contributed by atoms with Crippen LogP contribution in [0, 0.1) is 18.6 Å². The largest absolute Gasteiger partial charge is 0.497 e. The number of hydrogen-bond acceptors (Lipinski definition) is 2. The number of benzene rings is 2. The Labute approximate surface area is 136 Å². The van der Waals surface area contributed by atoms with Gasteiger partial charge in [0.05, 0.1) is 23.8 Å². The van der Waals surface area contributed by atoms with Gasteiger partial charge in [-0.3, -0.25) is 4.57 Å². The van der Waals surface area contributed by atoms with Crippen molar-refractivity contribution in [1.29, 1.82) is 0 Å². The normalized spacial score (nSPS) is 11.0. The molecule has 108 valence electrons. The molecule has 0 atom stereocenters. The zero-order valence-corrected chi connectivity index (χ0v) is 14.4. The highest BCUT2D eigenvalue weighted by Gasteiger charge is 2.12. The molecule has 21 heavy (non-hydrogen) atoms. The Bertz CT molecular complexity index is 872. The first kappa shape index (κ1) is 14.4. The number of aromatic nitrogens is 2. The fourth-order valence-corrected chi connectivity index (χ4v) is 3.68. The van der Waals surface area contributed by atoms with E-state index in [0.29, 0.717) is 4.77 Å². The van der Waals surface area contributed by atoms with Crippen LogP contribution in [0.15, 0.2) is 34.8 Å². The molecule has 2 aromatic carbocycles. The second-order valence-corrected chi connectivity index (χ2v) is 6.34. The second-order valence-electron chi connectivity index (χ2n) is 5.04. The minimum Gasteiger partial charge on any atom is -0.497 e.